The molecule has 0 aliphatic heterocycles. The van der Waals surface area contributed by atoms with Crippen LogP contribution in [-0.2, 0) is 6.54 Å². The molecule has 1 unspecified atom stereocenters. The van der Waals surface area contributed by atoms with Gasteiger partial charge in [0.25, 0.3) is 0 Å². The Morgan fingerprint density at radius 3 is 2.58 bits per heavy atom. The summed E-state index contributed by atoms with van der Waals surface area (Å²) in [6.45, 7) is 4.26. The molecule has 2 aromatic rings. The Balaban J connectivity index is 1.79. The standard InChI is InChI=1S/C16H22N2O/c1-13(15-3-5-16(17)6-4-15)7-9-18(2)11-14-8-10-19-12-14/h3-6,8,10,12-13H,7,9,11,17H2,1-2H3. The van der Waals surface area contributed by atoms with Crippen molar-refractivity contribution in [2.24, 2.45) is 0 Å². The van der Waals surface area contributed by atoms with E-state index in [0.717, 1.165) is 25.2 Å². The van der Waals surface area contributed by atoms with Crippen LogP contribution in [-0.4, -0.2) is 18.5 Å². The zero-order valence-electron chi connectivity index (χ0n) is 11.7. The van der Waals surface area contributed by atoms with Crippen LogP contribution in [0.3, 0.4) is 0 Å². The molecule has 3 nitrogen and oxygen atoms in total. The summed E-state index contributed by atoms with van der Waals surface area (Å²) in [6.07, 6.45) is 4.67. The van der Waals surface area contributed by atoms with E-state index in [9.17, 15) is 0 Å². The van der Waals surface area contributed by atoms with Crippen molar-refractivity contribution in [1.29, 1.82) is 0 Å². The smallest absolute Gasteiger partial charge is 0.0947 e. The molecule has 1 aromatic heterocycles. The summed E-state index contributed by atoms with van der Waals surface area (Å²) in [5.74, 6) is 0.549. The summed E-state index contributed by atoms with van der Waals surface area (Å²) in [7, 11) is 2.14. The molecule has 0 radical (unpaired) electrons. The molecule has 1 aromatic carbocycles. The number of hydrogen-bond acceptors (Lipinski definition) is 3. The second-order valence-corrected chi connectivity index (χ2v) is 5.23. The highest BCUT2D eigenvalue weighted by Gasteiger charge is 2.08. The number of benzene rings is 1. The van der Waals surface area contributed by atoms with E-state index in [4.69, 9.17) is 10.2 Å². The van der Waals surface area contributed by atoms with Gasteiger partial charge >= 0.3 is 0 Å². The molecule has 102 valence electrons. The second-order valence-electron chi connectivity index (χ2n) is 5.23. The molecule has 0 fully saturated rings. The van der Waals surface area contributed by atoms with Gasteiger partial charge < -0.3 is 15.1 Å². The lowest BCUT2D eigenvalue weighted by Crippen LogP contribution is -2.20. The number of hydrogen-bond donors (Lipinski definition) is 1. The van der Waals surface area contributed by atoms with Gasteiger partial charge in [-0.3, -0.25) is 0 Å². The number of rotatable bonds is 6. The SMILES string of the molecule is CC(CCN(C)Cc1ccoc1)c1ccc(N)cc1. The van der Waals surface area contributed by atoms with Crippen molar-refractivity contribution >= 4 is 5.69 Å². The molecule has 0 saturated heterocycles. The Hall–Kier alpha value is -1.74. The summed E-state index contributed by atoms with van der Waals surface area (Å²) in [4.78, 5) is 2.32. The van der Waals surface area contributed by atoms with Crippen molar-refractivity contribution in [3.05, 3.63) is 54.0 Å². The summed E-state index contributed by atoms with van der Waals surface area (Å²) in [5, 5.41) is 0. The number of anilines is 1. The largest absolute Gasteiger partial charge is 0.472 e. The third kappa shape index (κ3) is 4.14. The molecule has 0 spiro atoms. The van der Waals surface area contributed by atoms with Crippen LogP contribution in [0.4, 0.5) is 5.69 Å². The molecule has 2 rings (SSSR count). The van der Waals surface area contributed by atoms with Gasteiger partial charge in [0.15, 0.2) is 0 Å². The summed E-state index contributed by atoms with van der Waals surface area (Å²) in [5.41, 5.74) is 9.11. The lowest BCUT2D eigenvalue weighted by molar-refractivity contribution is 0.312. The molecule has 1 heterocycles. The maximum absolute atomic E-state index is 5.71. The van der Waals surface area contributed by atoms with Gasteiger partial charge in [-0.05, 0) is 49.7 Å². The average Bonchev–Trinajstić information content (AvgIpc) is 2.89. The van der Waals surface area contributed by atoms with Crippen LogP contribution in [0.2, 0.25) is 0 Å². The highest BCUT2D eigenvalue weighted by Crippen LogP contribution is 2.20. The first-order valence-electron chi connectivity index (χ1n) is 6.70. The second kappa shape index (κ2) is 6.43. The van der Waals surface area contributed by atoms with Gasteiger partial charge in [0, 0.05) is 17.8 Å². The first-order valence-corrected chi connectivity index (χ1v) is 6.70. The first-order chi connectivity index (χ1) is 9.15. The van der Waals surface area contributed by atoms with Crippen LogP contribution in [0.1, 0.15) is 30.4 Å². The highest BCUT2D eigenvalue weighted by atomic mass is 16.3. The van der Waals surface area contributed by atoms with E-state index in [1.165, 1.54) is 11.1 Å². The zero-order valence-corrected chi connectivity index (χ0v) is 11.7. The van der Waals surface area contributed by atoms with E-state index in [-0.39, 0.29) is 0 Å². The van der Waals surface area contributed by atoms with E-state index < -0.39 is 0 Å². The van der Waals surface area contributed by atoms with Crippen LogP contribution in [0.15, 0.2) is 47.3 Å². The minimum absolute atomic E-state index is 0.549. The molecule has 19 heavy (non-hydrogen) atoms. The van der Waals surface area contributed by atoms with Crippen molar-refractivity contribution in [1.82, 2.24) is 4.90 Å². The summed E-state index contributed by atoms with van der Waals surface area (Å²) < 4.78 is 5.08. The van der Waals surface area contributed by atoms with Crippen molar-refractivity contribution in [2.75, 3.05) is 19.3 Å². The Labute approximate surface area is 115 Å². The van der Waals surface area contributed by atoms with Crippen molar-refractivity contribution in [3.63, 3.8) is 0 Å². The minimum atomic E-state index is 0.549. The lowest BCUT2D eigenvalue weighted by Gasteiger charge is -2.19. The fourth-order valence-electron chi connectivity index (χ4n) is 2.18. The van der Waals surface area contributed by atoms with Gasteiger partial charge in [0.2, 0.25) is 0 Å². The van der Waals surface area contributed by atoms with Gasteiger partial charge in [-0.15, -0.1) is 0 Å². The third-order valence-corrected chi connectivity index (χ3v) is 3.48. The van der Waals surface area contributed by atoms with Crippen LogP contribution in [0.25, 0.3) is 0 Å². The molecule has 0 bridgehead atoms. The van der Waals surface area contributed by atoms with Crippen molar-refractivity contribution < 1.29 is 4.42 Å². The third-order valence-electron chi connectivity index (χ3n) is 3.48. The van der Waals surface area contributed by atoms with E-state index >= 15 is 0 Å². The Bertz CT molecular complexity index is 476. The normalized spacial score (nSPS) is 12.8. The Morgan fingerprint density at radius 2 is 1.95 bits per heavy atom. The maximum Gasteiger partial charge on any atom is 0.0947 e. The van der Waals surface area contributed by atoms with E-state index in [1.54, 1.807) is 12.5 Å². The van der Waals surface area contributed by atoms with Crippen LogP contribution < -0.4 is 5.73 Å². The molecule has 0 amide bonds. The fraction of sp³-hybridized carbons (Fsp3) is 0.375. The summed E-state index contributed by atoms with van der Waals surface area (Å²) in [6, 6.07) is 10.2. The van der Waals surface area contributed by atoms with E-state index in [0.29, 0.717) is 5.92 Å². The number of nitrogen functional groups attached to an aromatic ring is 1. The number of nitrogens with zero attached hydrogens (tertiary/aromatic N) is 1. The van der Waals surface area contributed by atoms with Gasteiger partial charge in [0.1, 0.15) is 0 Å². The lowest BCUT2D eigenvalue weighted by atomic mass is 9.97. The van der Waals surface area contributed by atoms with Gasteiger partial charge in [-0.1, -0.05) is 19.1 Å². The molecular formula is C16H22N2O. The first kappa shape index (κ1) is 13.7. The molecule has 2 N–H and O–H groups in total. The van der Waals surface area contributed by atoms with Crippen LogP contribution in [0, 0.1) is 0 Å². The molecular weight excluding hydrogens is 236 g/mol. The molecule has 0 aliphatic rings. The van der Waals surface area contributed by atoms with Crippen LogP contribution in [0.5, 0.6) is 0 Å². The maximum atomic E-state index is 5.71. The predicted octanol–water partition coefficient (Wildman–Crippen LogP) is 3.49. The molecule has 0 aliphatic carbocycles. The molecule has 1 atom stereocenters. The molecule has 3 heteroatoms. The van der Waals surface area contributed by atoms with Crippen molar-refractivity contribution in [3.8, 4) is 0 Å². The quantitative estimate of drug-likeness (QED) is 0.806. The van der Waals surface area contributed by atoms with Gasteiger partial charge in [0.05, 0.1) is 12.5 Å². The monoisotopic (exact) mass is 258 g/mol. The zero-order chi connectivity index (χ0) is 13.7. The molecule has 0 saturated carbocycles. The number of furan rings is 1. The topological polar surface area (TPSA) is 42.4 Å². The average molecular weight is 258 g/mol. The van der Waals surface area contributed by atoms with Crippen molar-refractivity contribution in [2.45, 2.75) is 25.8 Å². The van der Waals surface area contributed by atoms with E-state index in [2.05, 4.69) is 31.0 Å². The van der Waals surface area contributed by atoms with E-state index in [1.807, 2.05) is 18.2 Å². The van der Waals surface area contributed by atoms with Gasteiger partial charge in [-0.25, -0.2) is 0 Å². The predicted molar refractivity (Wildman–Crippen MR) is 78.9 cm³/mol. The van der Waals surface area contributed by atoms with Gasteiger partial charge in [-0.2, -0.15) is 0 Å². The van der Waals surface area contributed by atoms with Crippen LogP contribution >= 0.6 is 0 Å². The number of nitrogens with two attached hydrogens (primary N) is 1. The fourth-order valence-corrected chi connectivity index (χ4v) is 2.18. The Morgan fingerprint density at radius 1 is 1.21 bits per heavy atom. The summed E-state index contributed by atoms with van der Waals surface area (Å²) >= 11 is 0. The minimum Gasteiger partial charge on any atom is -0.472 e. The highest BCUT2D eigenvalue weighted by molar-refractivity contribution is 5.40. The Kier molecular flexibility index (Phi) is 4.63.